The molecule has 0 unspecified atom stereocenters. The SMILES string of the molecule is CCCn1cc(S(=O)(=O)NCCNC(C)=O)c(N)n1. The molecule has 19 heavy (non-hydrogen) atoms. The van der Waals surface area contributed by atoms with E-state index in [1.807, 2.05) is 6.92 Å². The number of aryl methyl sites for hydroxylation is 1. The van der Waals surface area contributed by atoms with Gasteiger partial charge in [-0.1, -0.05) is 6.92 Å². The topological polar surface area (TPSA) is 119 Å². The van der Waals surface area contributed by atoms with Gasteiger partial charge in [0.1, 0.15) is 4.90 Å². The molecule has 0 saturated heterocycles. The molecule has 8 nitrogen and oxygen atoms in total. The molecule has 4 N–H and O–H groups in total. The molecule has 0 radical (unpaired) electrons. The van der Waals surface area contributed by atoms with Gasteiger partial charge in [0.25, 0.3) is 0 Å². The minimum absolute atomic E-state index is 0.0273. The lowest BCUT2D eigenvalue weighted by atomic mass is 10.5. The molecule has 0 spiro atoms. The van der Waals surface area contributed by atoms with Crippen LogP contribution in [0.2, 0.25) is 0 Å². The number of hydrogen-bond acceptors (Lipinski definition) is 5. The molecule has 0 atom stereocenters. The Morgan fingerprint density at radius 3 is 2.74 bits per heavy atom. The lowest BCUT2D eigenvalue weighted by molar-refractivity contribution is -0.118. The third-order valence-corrected chi connectivity index (χ3v) is 3.77. The van der Waals surface area contributed by atoms with Gasteiger partial charge in [0.2, 0.25) is 15.9 Å². The lowest BCUT2D eigenvalue weighted by Crippen LogP contribution is -2.33. The summed E-state index contributed by atoms with van der Waals surface area (Å²) in [6.45, 7) is 4.24. The molecule has 0 aliphatic rings. The summed E-state index contributed by atoms with van der Waals surface area (Å²) in [6, 6.07) is 0. The molecule has 0 aliphatic carbocycles. The number of rotatable bonds is 7. The van der Waals surface area contributed by atoms with Crippen molar-refractivity contribution in [1.82, 2.24) is 19.8 Å². The highest BCUT2D eigenvalue weighted by Crippen LogP contribution is 2.15. The van der Waals surface area contributed by atoms with Gasteiger partial charge in [-0.2, -0.15) is 5.10 Å². The number of carbonyl (C=O) groups excluding carboxylic acids is 1. The van der Waals surface area contributed by atoms with E-state index < -0.39 is 10.0 Å². The van der Waals surface area contributed by atoms with Crippen LogP contribution in [-0.4, -0.2) is 37.2 Å². The maximum Gasteiger partial charge on any atom is 0.245 e. The summed E-state index contributed by atoms with van der Waals surface area (Å²) in [4.78, 5) is 10.6. The molecule has 1 aromatic rings. The van der Waals surface area contributed by atoms with Gasteiger partial charge in [0.15, 0.2) is 5.82 Å². The summed E-state index contributed by atoms with van der Waals surface area (Å²) in [5, 5.41) is 6.42. The van der Waals surface area contributed by atoms with Crippen LogP contribution in [0.5, 0.6) is 0 Å². The van der Waals surface area contributed by atoms with Crippen molar-refractivity contribution in [3.8, 4) is 0 Å². The summed E-state index contributed by atoms with van der Waals surface area (Å²) in [6.07, 6.45) is 2.23. The number of amides is 1. The minimum Gasteiger partial charge on any atom is -0.381 e. The fourth-order valence-corrected chi connectivity index (χ4v) is 2.57. The molecule has 0 aromatic carbocycles. The van der Waals surface area contributed by atoms with Crippen LogP contribution in [0, 0.1) is 0 Å². The van der Waals surface area contributed by atoms with Crippen LogP contribution in [-0.2, 0) is 21.4 Å². The number of aromatic nitrogens is 2. The third-order valence-electron chi connectivity index (χ3n) is 2.29. The Labute approximate surface area is 112 Å². The number of carbonyl (C=O) groups is 1. The zero-order chi connectivity index (χ0) is 14.5. The van der Waals surface area contributed by atoms with Crippen molar-refractivity contribution in [3.63, 3.8) is 0 Å². The van der Waals surface area contributed by atoms with Crippen molar-refractivity contribution in [2.24, 2.45) is 0 Å². The van der Waals surface area contributed by atoms with Gasteiger partial charge in [-0.25, -0.2) is 13.1 Å². The van der Waals surface area contributed by atoms with E-state index in [0.29, 0.717) is 6.54 Å². The first kappa shape index (κ1) is 15.4. The Morgan fingerprint density at radius 2 is 2.16 bits per heavy atom. The number of sulfonamides is 1. The molecule has 0 bridgehead atoms. The molecule has 1 heterocycles. The fourth-order valence-electron chi connectivity index (χ4n) is 1.47. The summed E-state index contributed by atoms with van der Waals surface area (Å²) in [5.74, 6) is -0.241. The van der Waals surface area contributed by atoms with E-state index in [2.05, 4.69) is 15.1 Å². The van der Waals surface area contributed by atoms with Gasteiger partial charge in [0, 0.05) is 32.8 Å². The largest absolute Gasteiger partial charge is 0.381 e. The first-order valence-electron chi connectivity index (χ1n) is 5.94. The van der Waals surface area contributed by atoms with E-state index in [1.54, 1.807) is 0 Å². The zero-order valence-electron chi connectivity index (χ0n) is 11.0. The van der Waals surface area contributed by atoms with Crippen molar-refractivity contribution in [2.75, 3.05) is 18.8 Å². The molecule has 1 aromatic heterocycles. The van der Waals surface area contributed by atoms with E-state index in [1.165, 1.54) is 17.8 Å². The van der Waals surface area contributed by atoms with Crippen LogP contribution in [0.25, 0.3) is 0 Å². The van der Waals surface area contributed by atoms with Crippen LogP contribution in [0.4, 0.5) is 5.82 Å². The average Bonchev–Trinajstić information content (AvgIpc) is 2.67. The Morgan fingerprint density at radius 1 is 1.47 bits per heavy atom. The molecule has 9 heteroatoms. The highest BCUT2D eigenvalue weighted by atomic mass is 32.2. The van der Waals surface area contributed by atoms with E-state index in [0.717, 1.165) is 6.42 Å². The van der Waals surface area contributed by atoms with Crippen LogP contribution in [0.3, 0.4) is 0 Å². The smallest absolute Gasteiger partial charge is 0.245 e. The standard InChI is InChI=1S/C10H19N5O3S/c1-3-6-15-7-9(10(11)14-15)19(17,18)13-5-4-12-8(2)16/h7,13H,3-6H2,1-2H3,(H2,11,14)(H,12,16). The number of anilines is 1. The Bertz CT molecular complexity index is 537. The van der Waals surface area contributed by atoms with Gasteiger partial charge in [-0.3, -0.25) is 9.48 Å². The van der Waals surface area contributed by atoms with Gasteiger partial charge in [-0.05, 0) is 6.42 Å². The predicted molar refractivity (Wildman–Crippen MR) is 70.8 cm³/mol. The van der Waals surface area contributed by atoms with Crippen LogP contribution in [0.1, 0.15) is 20.3 Å². The number of nitrogens with two attached hydrogens (primary N) is 1. The maximum absolute atomic E-state index is 12.0. The monoisotopic (exact) mass is 289 g/mol. The number of nitrogen functional groups attached to an aromatic ring is 1. The van der Waals surface area contributed by atoms with E-state index >= 15 is 0 Å². The van der Waals surface area contributed by atoms with E-state index in [4.69, 9.17) is 5.73 Å². The third kappa shape index (κ3) is 4.52. The zero-order valence-corrected chi connectivity index (χ0v) is 11.8. The first-order chi connectivity index (χ1) is 8.86. The van der Waals surface area contributed by atoms with Gasteiger partial charge in [0.05, 0.1) is 0 Å². The van der Waals surface area contributed by atoms with Crippen LogP contribution < -0.4 is 15.8 Å². The molecular weight excluding hydrogens is 270 g/mol. The fraction of sp³-hybridized carbons (Fsp3) is 0.600. The van der Waals surface area contributed by atoms with Gasteiger partial charge in [-0.15, -0.1) is 0 Å². The van der Waals surface area contributed by atoms with Crippen molar-refractivity contribution in [2.45, 2.75) is 31.7 Å². The van der Waals surface area contributed by atoms with Crippen molar-refractivity contribution >= 4 is 21.7 Å². The predicted octanol–water partition coefficient (Wildman–Crippen LogP) is -0.710. The quantitative estimate of drug-likeness (QED) is 0.573. The molecule has 1 rings (SSSR count). The molecule has 0 aliphatic heterocycles. The van der Waals surface area contributed by atoms with E-state index in [9.17, 15) is 13.2 Å². The second kappa shape index (κ2) is 6.53. The maximum atomic E-state index is 12.0. The summed E-state index contributed by atoms with van der Waals surface area (Å²) < 4.78 is 27.8. The molecule has 0 fully saturated rings. The Hall–Kier alpha value is -1.61. The second-order valence-corrected chi connectivity index (χ2v) is 5.76. The number of nitrogens with zero attached hydrogens (tertiary/aromatic N) is 2. The van der Waals surface area contributed by atoms with Crippen molar-refractivity contribution in [3.05, 3.63) is 6.20 Å². The normalized spacial score (nSPS) is 11.5. The summed E-state index contributed by atoms with van der Waals surface area (Å²) in [7, 11) is -3.70. The minimum atomic E-state index is -3.70. The first-order valence-corrected chi connectivity index (χ1v) is 7.42. The summed E-state index contributed by atoms with van der Waals surface area (Å²) in [5.41, 5.74) is 5.59. The number of nitrogens with one attached hydrogen (secondary N) is 2. The van der Waals surface area contributed by atoms with Crippen molar-refractivity contribution < 1.29 is 13.2 Å². The molecule has 1 amide bonds. The highest BCUT2D eigenvalue weighted by Gasteiger charge is 2.20. The molecule has 108 valence electrons. The highest BCUT2D eigenvalue weighted by molar-refractivity contribution is 7.89. The van der Waals surface area contributed by atoms with Crippen LogP contribution >= 0.6 is 0 Å². The Kier molecular flexibility index (Phi) is 5.31. The lowest BCUT2D eigenvalue weighted by Gasteiger charge is -2.05. The van der Waals surface area contributed by atoms with Gasteiger partial charge >= 0.3 is 0 Å². The summed E-state index contributed by atoms with van der Waals surface area (Å²) >= 11 is 0. The molecular formula is C10H19N5O3S. The second-order valence-electron chi connectivity index (χ2n) is 4.02. The Balaban J connectivity index is 2.68. The van der Waals surface area contributed by atoms with Crippen LogP contribution in [0.15, 0.2) is 11.1 Å². The van der Waals surface area contributed by atoms with Crippen molar-refractivity contribution in [1.29, 1.82) is 0 Å². The number of hydrogen-bond donors (Lipinski definition) is 3. The van der Waals surface area contributed by atoms with E-state index in [-0.39, 0.29) is 29.7 Å². The van der Waals surface area contributed by atoms with Gasteiger partial charge < -0.3 is 11.1 Å². The average molecular weight is 289 g/mol. The molecule has 0 saturated carbocycles.